The first kappa shape index (κ1) is 13.4. The number of benzene rings is 1. The second kappa shape index (κ2) is 4.93. The smallest absolute Gasteiger partial charge is 0.318 e. The fourth-order valence-corrected chi connectivity index (χ4v) is 2.22. The van der Waals surface area contributed by atoms with Gasteiger partial charge in [0.2, 0.25) is 0 Å². The summed E-state index contributed by atoms with van der Waals surface area (Å²) in [5, 5.41) is 11.6. The van der Waals surface area contributed by atoms with E-state index < -0.39 is 0 Å². The number of nitriles is 1. The first-order valence-corrected chi connectivity index (χ1v) is 6.44. The number of nitrogens with one attached hydrogen (secondary N) is 1. The molecule has 1 aliphatic rings. The van der Waals surface area contributed by atoms with E-state index >= 15 is 0 Å². The maximum absolute atomic E-state index is 11.6. The highest BCUT2D eigenvalue weighted by atomic mass is 16.2. The standard InChI is InChI=1S/C15H19N3O/c1-15(2,3)12-6-4-11(5-7-12)13-10-18(9-8-16)14(19)17-13/h4-7,13H,9-10H2,1-3H3,(H,17,19). The number of amides is 2. The predicted molar refractivity (Wildman–Crippen MR) is 73.6 cm³/mol. The third-order valence-electron chi connectivity index (χ3n) is 3.43. The van der Waals surface area contributed by atoms with Gasteiger partial charge in [0.15, 0.2) is 0 Å². The van der Waals surface area contributed by atoms with Crippen LogP contribution >= 0.6 is 0 Å². The summed E-state index contributed by atoms with van der Waals surface area (Å²) < 4.78 is 0. The summed E-state index contributed by atoms with van der Waals surface area (Å²) in [6, 6.07) is 10.2. The molecule has 1 N–H and O–H groups in total. The van der Waals surface area contributed by atoms with E-state index in [-0.39, 0.29) is 24.0 Å². The van der Waals surface area contributed by atoms with Crippen molar-refractivity contribution in [2.24, 2.45) is 0 Å². The van der Waals surface area contributed by atoms with Gasteiger partial charge in [0.25, 0.3) is 0 Å². The summed E-state index contributed by atoms with van der Waals surface area (Å²) >= 11 is 0. The van der Waals surface area contributed by atoms with Crippen molar-refractivity contribution in [2.75, 3.05) is 13.1 Å². The van der Waals surface area contributed by atoms with Crippen molar-refractivity contribution < 1.29 is 4.79 Å². The Kier molecular flexibility index (Phi) is 3.48. The Morgan fingerprint density at radius 1 is 1.37 bits per heavy atom. The summed E-state index contributed by atoms with van der Waals surface area (Å²) in [6.45, 7) is 7.22. The Morgan fingerprint density at radius 2 is 2.00 bits per heavy atom. The minimum absolute atomic E-state index is 0.0186. The predicted octanol–water partition coefficient (Wildman–Crippen LogP) is 2.57. The van der Waals surface area contributed by atoms with Crippen LogP contribution in [0.3, 0.4) is 0 Å². The Morgan fingerprint density at radius 3 is 2.53 bits per heavy atom. The Bertz CT molecular complexity index is 508. The van der Waals surface area contributed by atoms with Crippen LogP contribution in [0, 0.1) is 11.3 Å². The molecule has 100 valence electrons. The molecular formula is C15H19N3O. The second-order valence-corrected chi connectivity index (χ2v) is 5.91. The lowest BCUT2D eigenvalue weighted by Gasteiger charge is -2.20. The van der Waals surface area contributed by atoms with Crippen LogP contribution in [0.2, 0.25) is 0 Å². The number of nitrogens with zero attached hydrogens (tertiary/aromatic N) is 2. The molecule has 1 aromatic carbocycles. The summed E-state index contributed by atoms with van der Waals surface area (Å²) in [5.41, 5.74) is 2.49. The molecule has 1 fully saturated rings. The number of hydrogen-bond donors (Lipinski definition) is 1. The number of carbonyl (C=O) groups is 1. The van der Waals surface area contributed by atoms with E-state index in [1.807, 2.05) is 6.07 Å². The molecule has 4 heteroatoms. The van der Waals surface area contributed by atoms with Gasteiger partial charge in [-0.1, -0.05) is 45.0 Å². The van der Waals surface area contributed by atoms with Gasteiger partial charge in [-0.15, -0.1) is 0 Å². The van der Waals surface area contributed by atoms with Crippen LogP contribution < -0.4 is 5.32 Å². The van der Waals surface area contributed by atoms with Crippen LogP contribution in [0.4, 0.5) is 4.79 Å². The zero-order chi connectivity index (χ0) is 14.0. The number of carbonyl (C=O) groups excluding carboxylic acids is 1. The zero-order valence-corrected chi connectivity index (χ0v) is 11.6. The number of urea groups is 1. The van der Waals surface area contributed by atoms with Crippen molar-refractivity contribution in [3.8, 4) is 6.07 Å². The van der Waals surface area contributed by atoms with Gasteiger partial charge in [0.05, 0.1) is 12.1 Å². The fraction of sp³-hybridized carbons (Fsp3) is 0.467. The first-order chi connectivity index (χ1) is 8.91. The van der Waals surface area contributed by atoms with Crippen molar-refractivity contribution in [1.82, 2.24) is 10.2 Å². The summed E-state index contributed by atoms with van der Waals surface area (Å²) in [6.07, 6.45) is 0. The molecule has 19 heavy (non-hydrogen) atoms. The van der Waals surface area contributed by atoms with Gasteiger partial charge in [-0.2, -0.15) is 5.26 Å². The van der Waals surface area contributed by atoms with Gasteiger partial charge in [0.1, 0.15) is 6.54 Å². The van der Waals surface area contributed by atoms with E-state index in [0.717, 1.165) is 5.56 Å². The highest BCUT2D eigenvalue weighted by Gasteiger charge is 2.29. The highest BCUT2D eigenvalue weighted by molar-refractivity contribution is 5.77. The maximum atomic E-state index is 11.6. The molecule has 0 spiro atoms. The SMILES string of the molecule is CC(C)(C)c1ccc(C2CN(CC#N)C(=O)N2)cc1. The lowest BCUT2D eigenvalue weighted by molar-refractivity contribution is 0.222. The minimum Gasteiger partial charge on any atom is -0.329 e. The molecule has 1 heterocycles. The molecule has 2 rings (SSSR count). The lowest BCUT2D eigenvalue weighted by atomic mass is 9.86. The van der Waals surface area contributed by atoms with Crippen LogP contribution in [0.5, 0.6) is 0 Å². The molecule has 0 aromatic heterocycles. The van der Waals surface area contributed by atoms with Crippen LogP contribution in [0.15, 0.2) is 24.3 Å². The molecule has 1 saturated heterocycles. The average molecular weight is 257 g/mol. The molecule has 1 unspecified atom stereocenters. The first-order valence-electron chi connectivity index (χ1n) is 6.44. The van der Waals surface area contributed by atoms with Crippen molar-refractivity contribution >= 4 is 6.03 Å². The van der Waals surface area contributed by atoms with Crippen LogP contribution in [-0.4, -0.2) is 24.0 Å². The number of hydrogen-bond acceptors (Lipinski definition) is 2. The molecule has 1 aliphatic heterocycles. The minimum atomic E-state index is -0.161. The maximum Gasteiger partial charge on any atom is 0.318 e. The van der Waals surface area contributed by atoms with Gasteiger partial charge >= 0.3 is 6.03 Å². The molecule has 1 atom stereocenters. The molecule has 0 bridgehead atoms. The number of rotatable bonds is 2. The molecule has 2 amide bonds. The third-order valence-corrected chi connectivity index (χ3v) is 3.43. The van der Waals surface area contributed by atoms with Gasteiger partial charge in [0, 0.05) is 6.54 Å². The van der Waals surface area contributed by atoms with Gasteiger partial charge in [-0.05, 0) is 16.5 Å². The quantitative estimate of drug-likeness (QED) is 0.828. The van der Waals surface area contributed by atoms with Gasteiger partial charge in [-0.25, -0.2) is 4.79 Å². The van der Waals surface area contributed by atoms with Crippen molar-refractivity contribution in [2.45, 2.75) is 32.2 Å². The van der Waals surface area contributed by atoms with Gasteiger partial charge in [-0.3, -0.25) is 0 Å². The molecule has 1 aromatic rings. The molecule has 0 saturated carbocycles. The van der Waals surface area contributed by atoms with Gasteiger partial charge < -0.3 is 10.2 Å². The molecular weight excluding hydrogens is 238 g/mol. The highest BCUT2D eigenvalue weighted by Crippen LogP contribution is 2.25. The lowest BCUT2D eigenvalue weighted by Crippen LogP contribution is -2.28. The van der Waals surface area contributed by atoms with E-state index in [4.69, 9.17) is 5.26 Å². The van der Waals surface area contributed by atoms with Crippen molar-refractivity contribution in [3.63, 3.8) is 0 Å². The largest absolute Gasteiger partial charge is 0.329 e. The van der Waals surface area contributed by atoms with Crippen LogP contribution in [-0.2, 0) is 5.41 Å². The summed E-state index contributed by atoms with van der Waals surface area (Å²) in [4.78, 5) is 13.2. The van der Waals surface area contributed by atoms with E-state index in [1.54, 1.807) is 0 Å². The van der Waals surface area contributed by atoms with E-state index in [9.17, 15) is 4.79 Å². The molecule has 0 aliphatic carbocycles. The summed E-state index contributed by atoms with van der Waals surface area (Å²) in [7, 11) is 0. The molecule has 0 radical (unpaired) electrons. The van der Waals surface area contributed by atoms with Crippen LogP contribution in [0.25, 0.3) is 0 Å². The topological polar surface area (TPSA) is 56.1 Å². The monoisotopic (exact) mass is 257 g/mol. The normalized spacial score (nSPS) is 19.2. The zero-order valence-electron chi connectivity index (χ0n) is 11.6. The third kappa shape index (κ3) is 2.87. The van der Waals surface area contributed by atoms with Crippen molar-refractivity contribution in [3.05, 3.63) is 35.4 Å². The summed E-state index contributed by atoms with van der Waals surface area (Å²) in [5.74, 6) is 0. The van der Waals surface area contributed by atoms with Crippen molar-refractivity contribution in [1.29, 1.82) is 5.26 Å². The molecule has 4 nitrogen and oxygen atoms in total. The fourth-order valence-electron chi connectivity index (χ4n) is 2.22. The van der Waals surface area contributed by atoms with E-state index in [1.165, 1.54) is 10.5 Å². The van der Waals surface area contributed by atoms with E-state index in [0.29, 0.717) is 6.54 Å². The second-order valence-electron chi connectivity index (χ2n) is 5.91. The van der Waals surface area contributed by atoms with Crippen LogP contribution in [0.1, 0.15) is 37.9 Å². The average Bonchev–Trinajstić information content (AvgIpc) is 2.71. The Labute approximate surface area is 114 Å². The Hall–Kier alpha value is -2.02. The Balaban J connectivity index is 2.12. The van der Waals surface area contributed by atoms with E-state index in [2.05, 4.69) is 50.4 Å².